The third-order valence-corrected chi connectivity index (χ3v) is 3.81. The van der Waals surface area contributed by atoms with Gasteiger partial charge in [0, 0.05) is 18.0 Å². The number of benzene rings is 2. The predicted octanol–water partition coefficient (Wildman–Crippen LogP) is 3.29. The smallest absolute Gasteiger partial charge is 0.303 e. The molecule has 6 heteroatoms. The Hall–Kier alpha value is -3.02. The molecule has 2 rings (SSSR count). The van der Waals surface area contributed by atoms with Crippen molar-refractivity contribution in [1.29, 1.82) is 0 Å². The minimum absolute atomic E-state index is 0.0741. The Morgan fingerprint density at radius 2 is 1.44 bits per heavy atom. The molecule has 25 heavy (non-hydrogen) atoms. The van der Waals surface area contributed by atoms with Crippen molar-refractivity contribution < 1.29 is 24.2 Å². The molecule has 0 aromatic heterocycles. The van der Waals surface area contributed by atoms with Crippen molar-refractivity contribution in [3.8, 4) is 11.5 Å². The molecule has 2 aromatic rings. The Morgan fingerprint density at radius 1 is 0.920 bits per heavy atom. The second-order valence-corrected chi connectivity index (χ2v) is 5.55. The number of ether oxygens (including phenoxy) is 2. The molecule has 1 unspecified atom stereocenters. The van der Waals surface area contributed by atoms with E-state index in [1.54, 1.807) is 62.8 Å². The first kappa shape index (κ1) is 18.3. The van der Waals surface area contributed by atoms with Crippen LogP contribution >= 0.6 is 0 Å². The Bertz CT molecular complexity index is 710. The second-order valence-electron chi connectivity index (χ2n) is 5.55. The van der Waals surface area contributed by atoms with E-state index in [2.05, 4.69) is 5.32 Å². The maximum absolute atomic E-state index is 12.3. The summed E-state index contributed by atoms with van der Waals surface area (Å²) in [5, 5.41) is 11.9. The average Bonchev–Trinajstić information content (AvgIpc) is 2.61. The monoisotopic (exact) mass is 343 g/mol. The Balaban J connectivity index is 2.06. The highest BCUT2D eigenvalue weighted by Gasteiger charge is 2.19. The van der Waals surface area contributed by atoms with E-state index in [1.807, 2.05) is 0 Å². The molecule has 0 radical (unpaired) electrons. The minimum atomic E-state index is -0.946. The molecule has 0 aliphatic heterocycles. The minimum Gasteiger partial charge on any atom is -0.497 e. The van der Waals surface area contributed by atoms with Crippen LogP contribution in [0.2, 0.25) is 0 Å². The van der Waals surface area contributed by atoms with Gasteiger partial charge in [-0.2, -0.15) is 0 Å². The molecule has 1 atom stereocenters. The second kappa shape index (κ2) is 8.73. The number of aliphatic carboxylic acids is 1. The van der Waals surface area contributed by atoms with Gasteiger partial charge in [-0.05, 0) is 42.0 Å². The van der Waals surface area contributed by atoms with Gasteiger partial charge in [0.1, 0.15) is 11.5 Å². The van der Waals surface area contributed by atoms with Crippen LogP contribution in [0.3, 0.4) is 0 Å². The summed E-state index contributed by atoms with van der Waals surface area (Å²) in [7, 11) is 3.13. The van der Waals surface area contributed by atoms with Crippen molar-refractivity contribution in [1.82, 2.24) is 0 Å². The van der Waals surface area contributed by atoms with E-state index in [9.17, 15) is 9.59 Å². The molecular weight excluding hydrogens is 322 g/mol. The number of nitrogens with one attached hydrogen (secondary N) is 1. The Kier molecular flexibility index (Phi) is 6.39. The zero-order valence-corrected chi connectivity index (χ0v) is 14.2. The van der Waals surface area contributed by atoms with E-state index in [1.165, 1.54) is 0 Å². The maximum Gasteiger partial charge on any atom is 0.303 e. The molecule has 0 heterocycles. The van der Waals surface area contributed by atoms with Crippen molar-refractivity contribution in [2.45, 2.75) is 18.8 Å². The topological polar surface area (TPSA) is 84.9 Å². The molecule has 0 fully saturated rings. The van der Waals surface area contributed by atoms with Crippen LogP contribution in [0.5, 0.6) is 11.5 Å². The van der Waals surface area contributed by atoms with Gasteiger partial charge < -0.3 is 19.9 Å². The predicted molar refractivity (Wildman–Crippen MR) is 94.2 cm³/mol. The Morgan fingerprint density at radius 3 is 1.92 bits per heavy atom. The van der Waals surface area contributed by atoms with E-state index < -0.39 is 11.9 Å². The lowest BCUT2D eigenvalue weighted by molar-refractivity contribution is -0.137. The summed E-state index contributed by atoms with van der Waals surface area (Å²) in [4.78, 5) is 23.4. The number of carboxylic acids is 1. The number of carbonyl (C=O) groups is 2. The summed E-state index contributed by atoms with van der Waals surface area (Å²) in [6, 6.07) is 14.0. The number of hydrogen-bond acceptors (Lipinski definition) is 4. The van der Waals surface area contributed by atoms with Crippen LogP contribution in [0, 0.1) is 0 Å². The van der Waals surface area contributed by atoms with Crippen LogP contribution in [-0.4, -0.2) is 31.2 Å². The fourth-order valence-corrected chi connectivity index (χ4v) is 2.50. The molecule has 6 nitrogen and oxygen atoms in total. The highest BCUT2D eigenvalue weighted by Crippen LogP contribution is 2.26. The van der Waals surface area contributed by atoms with Crippen molar-refractivity contribution in [2.24, 2.45) is 0 Å². The van der Waals surface area contributed by atoms with Crippen LogP contribution in [0.4, 0.5) is 5.69 Å². The summed E-state index contributed by atoms with van der Waals surface area (Å²) in [6.45, 7) is 0. The van der Waals surface area contributed by atoms with Gasteiger partial charge in [-0.15, -0.1) is 0 Å². The zero-order chi connectivity index (χ0) is 18.2. The molecule has 132 valence electrons. The molecule has 2 aromatic carbocycles. The van der Waals surface area contributed by atoms with E-state index in [0.29, 0.717) is 17.2 Å². The van der Waals surface area contributed by atoms with Crippen LogP contribution in [0.25, 0.3) is 0 Å². The molecule has 2 N–H and O–H groups in total. The first-order valence-corrected chi connectivity index (χ1v) is 7.81. The van der Waals surface area contributed by atoms with Gasteiger partial charge in [0.25, 0.3) is 0 Å². The third kappa shape index (κ3) is 5.53. The lowest BCUT2D eigenvalue weighted by atomic mass is 9.92. The molecule has 1 amide bonds. The quantitative estimate of drug-likeness (QED) is 0.768. The van der Waals surface area contributed by atoms with Gasteiger partial charge in [-0.25, -0.2) is 0 Å². The van der Waals surface area contributed by atoms with Crippen molar-refractivity contribution in [3.63, 3.8) is 0 Å². The number of carboxylic acid groups (broad SMARTS) is 1. The van der Waals surface area contributed by atoms with E-state index >= 15 is 0 Å². The van der Waals surface area contributed by atoms with Gasteiger partial charge in [-0.3, -0.25) is 9.59 Å². The molecule has 0 aliphatic rings. The summed E-state index contributed by atoms with van der Waals surface area (Å²) < 4.78 is 10.2. The third-order valence-electron chi connectivity index (χ3n) is 3.81. The molecule has 0 aliphatic carbocycles. The number of anilines is 1. The average molecular weight is 343 g/mol. The first-order valence-electron chi connectivity index (χ1n) is 7.81. The fraction of sp³-hybridized carbons (Fsp3) is 0.263. The van der Waals surface area contributed by atoms with Crippen molar-refractivity contribution in [3.05, 3.63) is 54.1 Å². The van der Waals surface area contributed by atoms with Crippen LogP contribution in [0.15, 0.2) is 48.5 Å². The van der Waals surface area contributed by atoms with Crippen molar-refractivity contribution >= 4 is 17.6 Å². The van der Waals surface area contributed by atoms with E-state index in [0.717, 1.165) is 5.56 Å². The normalized spacial score (nSPS) is 11.4. The molecular formula is C19H21NO5. The SMILES string of the molecule is COc1ccc(NC(=O)CC(CC(=O)O)c2ccc(OC)cc2)cc1. The maximum atomic E-state index is 12.3. The van der Waals surface area contributed by atoms with Crippen LogP contribution in [-0.2, 0) is 9.59 Å². The number of carbonyl (C=O) groups excluding carboxylic acids is 1. The first-order chi connectivity index (χ1) is 12.0. The van der Waals surface area contributed by atoms with Gasteiger partial charge in [0.05, 0.1) is 20.6 Å². The number of hydrogen-bond donors (Lipinski definition) is 2. The van der Waals surface area contributed by atoms with Crippen LogP contribution < -0.4 is 14.8 Å². The van der Waals surface area contributed by atoms with E-state index in [-0.39, 0.29) is 18.7 Å². The Labute approximate surface area is 146 Å². The standard InChI is InChI=1S/C19H21NO5/c1-24-16-7-3-13(4-8-16)14(12-19(22)23)11-18(21)20-15-5-9-17(25-2)10-6-15/h3-10,14H,11-12H2,1-2H3,(H,20,21)(H,22,23). The zero-order valence-electron chi connectivity index (χ0n) is 14.2. The van der Waals surface area contributed by atoms with Gasteiger partial charge in [-0.1, -0.05) is 12.1 Å². The number of rotatable bonds is 8. The summed E-state index contributed by atoms with van der Waals surface area (Å²) >= 11 is 0. The van der Waals surface area contributed by atoms with Crippen molar-refractivity contribution in [2.75, 3.05) is 19.5 Å². The van der Waals surface area contributed by atoms with Gasteiger partial charge in [0.2, 0.25) is 5.91 Å². The largest absolute Gasteiger partial charge is 0.497 e. The lowest BCUT2D eigenvalue weighted by Gasteiger charge is -2.16. The molecule has 0 saturated heterocycles. The highest BCUT2D eigenvalue weighted by atomic mass is 16.5. The lowest BCUT2D eigenvalue weighted by Crippen LogP contribution is -2.17. The molecule has 0 saturated carbocycles. The summed E-state index contributed by atoms with van der Waals surface area (Å²) in [5.74, 6) is -0.229. The van der Waals surface area contributed by atoms with E-state index in [4.69, 9.17) is 14.6 Å². The number of methoxy groups -OCH3 is 2. The highest BCUT2D eigenvalue weighted by molar-refractivity contribution is 5.91. The summed E-state index contributed by atoms with van der Waals surface area (Å²) in [5.41, 5.74) is 1.42. The number of amides is 1. The van der Waals surface area contributed by atoms with Crippen LogP contribution in [0.1, 0.15) is 24.3 Å². The van der Waals surface area contributed by atoms with Gasteiger partial charge in [0.15, 0.2) is 0 Å². The molecule has 0 bridgehead atoms. The summed E-state index contributed by atoms with van der Waals surface area (Å²) in [6.07, 6.45) is -0.0486. The fourth-order valence-electron chi connectivity index (χ4n) is 2.50. The van der Waals surface area contributed by atoms with Gasteiger partial charge >= 0.3 is 5.97 Å². The molecule has 0 spiro atoms.